The van der Waals surface area contributed by atoms with Crippen LogP contribution < -0.4 is 20.6 Å². The largest absolute Gasteiger partial charge is 0.497 e. The van der Waals surface area contributed by atoms with E-state index in [0.717, 1.165) is 41.3 Å². The van der Waals surface area contributed by atoms with Crippen molar-refractivity contribution in [1.82, 2.24) is 25.4 Å². The number of carbonyl (C=O) groups excluding carboxylic acids is 2. The third-order valence-corrected chi connectivity index (χ3v) is 9.94. The first kappa shape index (κ1) is 33.1. The minimum absolute atomic E-state index is 0.102. The number of rotatable bonds is 12. The number of nitrogens with zero attached hydrogens (tertiary/aromatic N) is 4. The van der Waals surface area contributed by atoms with Crippen LogP contribution in [0.1, 0.15) is 64.9 Å². The van der Waals surface area contributed by atoms with Gasteiger partial charge in [0.15, 0.2) is 5.82 Å². The van der Waals surface area contributed by atoms with Gasteiger partial charge < -0.3 is 20.2 Å². The smallest absolute Gasteiger partial charge is 0.251 e. The number of halogens is 1. The van der Waals surface area contributed by atoms with Crippen LogP contribution >= 0.6 is 11.6 Å². The molecule has 5 rings (SSSR count). The van der Waals surface area contributed by atoms with E-state index in [1.165, 1.54) is 0 Å². The minimum Gasteiger partial charge on any atom is -0.497 e. The van der Waals surface area contributed by atoms with Crippen LogP contribution in [-0.4, -0.2) is 65.6 Å². The Balaban J connectivity index is 1.19. The van der Waals surface area contributed by atoms with Crippen LogP contribution in [0.3, 0.4) is 0 Å². The van der Waals surface area contributed by atoms with Crippen molar-refractivity contribution in [1.29, 1.82) is 0 Å². The Hall–Kier alpha value is -4.32. The molecule has 0 aliphatic carbocycles. The first-order chi connectivity index (χ1) is 22.0. The van der Waals surface area contributed by atoms with Gasteiger partial charge in [0.2, 0.25) is 14.2 Å². The number of methoxy groups -OCH3 is 1. The number of aryl methyl sites for hydroxylation is 1. The number of aliphatic imine (C=N–C) groups is 1. The second-order valence-electron chi connectivity index (χ2n) is 11.8. The summed E-state index contributed by atoms with van der Waals surface area (Å²) < 4.78 is 7.49. The normalized spacial score (nSPS) is 14.0. The predicted molar refractivity (Wildman–Crippen MR) is 182 cm³/mol. The van der Waals surface area contributed by atoms with E-state index in [0.29, 0.717) is 46.8 Å². The maximum absolute atomic E-state index is 13.2. The molecule has 3 aromatic carbocycles. The van der Waals surface area contributed by atoms with Crippen molar-refractivity contribution in [2.45, 2.75) is 51.7 Å². The minimum atomic E-state index is -2.39. The van der Waals surface area contributed by atoms with E-state index in [1.807, 2.05) is 79.2 Å². The molecular formula is C34H39ClN6O4Si. The fourth-order valence-electron chi connectivity index (χ4n) is 5.41. The van der Waals surface area contributed by atoms with Crippen LogP contribution in [0.15, 0.2) is 71.7 Å². The Labute approximate surface area is 275 Å². The molecule has 0 saturated heterocycles. The molecule has 0 bridgehead atoms. The topological polar surface area (TPSA) is 131 Å². The van der Waals surface area contributed by atoms with Gasteiger partial charge in [-0.15, -0.1) is 10.2 Å². The van der Waals surface area contributed by atoms with Gasteiger partial charge in [0.05, 0.1) is 24.9 Å². The summed E-state index contributed by atoms with van der Waals surface area (Å²) in [4.78, 5) is 41.0. The molecule has 12 heteroatoms. The van der Waals surface area contributed by atoms with Gasteiger partial charge in [-0.05, 0) is 86.9 Å². The van der Waals surface area contributed by atoms with Crippen molar-refractivity contribution in [2.75, 3.05) is 20.2 Å². The zero-order chi connectivity index (χ0) is 32.8. The number of benzene rings is 3. The molecule has 1 atom stereocenters. The van der Waals surface area contributed by atoms with E-state index in [9.17, 15) is 14.4 Å². The number of ether oxygens (including phenoxy) is 1. The van der Waals surface area contributed by atoms with E-state index in [1.54, 1.807) is 19.2 Å². The molecule has 1 aliphatic rings. The Kier molecular flexibility index (Phi) is 10.3. The number of carbonyl (C=O) groups is 2. The first-order valence-corrected chi connectivity index (χ1v) is 18.7. The quantitative estimate of drug-likeness (QED) is 0.150. The number of fused-ring (bicyclic) bond motifs is 3. The molecule has 1 aromatic heterocycles. The molecule has 3 N–H and O–H groups in total. The molecule has 240 valence electrons. The van der Waals surface area contributed by atoms with Gasteiger partial charge in [-0.1, -0.05) is 35.9 Å². The SMILES string of the molecule is COc1ccc2c(c1)C(c1ccc(Cl)cc1)=N[C@@H](CC(=O)NCCCCCNC(=O)c1ccc([Si](C)(C)O)cc1)c1nnc(C)n1-2. The second-order valence-corrected chi connectivity index (χ2v) is 16.0. The lowest BCUT2D eigenvalue weighted by atomic mass is 10.00. The van der Waals surface area contributed by atoms with Crippen LogP contribution in [0.2, 0.25) is 18.1 Å². The molecule has 1 aliphatic heterocycles. The Morgan fingerprint density at radius 1 is 0.957 bits per heavy atom. The lowest BCUT2D eigenvalue weighted by Crippen LogP contribution is -2.41. The number of nitrogens with one attached hydrogen (secondary N) is 2. The van der Waals surface area contributed by atoms with E-state index in [-0.39, 0.29) is 18.2 Å². The van der Waals surface area contributed by atoms with Gasteiger partial charge in [0.25, 0.3) is 5.91 Å². The van der Waals surface area contributed by atoms with E-state index >= 15 is 0 Å². The van der Waals surface area contributed by atoms with Crippen LogP contribution in [0.25, 0.3) is 5.69 Å². The third-order valence-electron chi connectivity index (χ3n) is 7.94. The molecule has 0 spiro atoms. The van der Waals surface area contributed by atoms with Gasteiger partial charge in [0, 0.05) is 34.8 Å². The number of hydrogen-bond acceptors (Lipinski definition) is 7. The summed E-state index contributed by atoms with van der Waals surface area (Å²) in [7, 11) is -0.770. The Morgan fingerprint density at radius 3 is 2.33 bits per heavy atom. The van der Waals surface area contributed by atoms with Gasteiger partial charge >= 0.3 is 0 Å². The van der Waals surface area contributed by atoms with Crippen molar-refractivity contribution < 1.29 is 19.1 Å². The molecule has 2 amide bonds. The lowest BCUT2D eigenvalue weighted by Gasteiger charge is -2.14. The molecule has 46 heavy (non-hydrogen) atoms. The molecule has 2 heterocycles. The first-order valence-electron chi connectivity index (χ1n) is 15.4. The summed E-state index contributed by atoms with van der Waals surface area (Å²) in [6.07, 6.45) is 2.51. The Bertz CT molecular complexity index is 1730. The van der Waals surface area contributed by atoms with Crippen LogP contribution in [0.4, 0.5) is 0 Å². The van der Waals surface area contributed by atoms with Crippen molar-refractivity contribution in [2.24, 2.45) is 4.99 Å². The fraction of sp³-hybridized carbons (Fsp3) is 0.324. The van der Waals surface area contributed by atoms with E-state index < -0.39 is 14.4 Å². The number of aromatic nitrogens is 3. The van der Waals surface area contributed by atoms with Gasteiger partial charge in [-0.25, -0.2) is 0 Å². The van der Waals surface area contributed by atoms with Crippen molar-refractivity contribution in [3.63, 3.8) is 0 Å². The maximum Gasteiger partial charge on any atom is 0.251 e. The standard InChI is InChI=1S/C34H39ClN6O4Si/c1-22-39-40-33-29(38-32(23-8-12-25(35)13-9-23)28-20-26(45-2)14-17-30(28)41(22)33)21-31(42)36-18-6-5-7-19-37-34(43)24-10-15-27(16-11-24)46(3,4)44/h8-17,20,29,44H,5-7,18-19,21H2,1-4H3,(H,36,42)(H,37,43)/t29-/m0/s1. The highest BCUT2D eigenvalue weighted by atomic mass is 35.5. The summed E-state index contributed by atoms with van der Waals surface area (Å²) in [6.45, 7) is 6.63. The summed E-state index contributed by atoms with van der Waals surface area (Å²) in [5.41, 5.74) is 3.84. The molecule has 0 fully saturated rings. The molecular weight excluding hydrogens is 620 g/mol. The second kappa shape index (κ2) is 14.4. The zero-order valence-electron chi connectivity index (χ0n) is 26.5. The molecule has 10 nitrogen and oxygen atoms in total. The average molecular weight is 659 g/mol. The Morgan fingerprint density at radius 2 is 1.65 bits per heavy atom. The predicted octanol–water partition coefficient (Wildman–Crippen LogP) is 4.64. The van der Waals surface area contributed by atoms with Gasteiger partial charge in [-0.2, -0.15) is 0 Å². The molecule has 4 aromatic rings. The lowest BCUT2D eigenvalue weighted by molar-refractivity contribution is -0.121. The molecule has 0 radical (unpaired) electrons. The zero-order valence-corrected chi connectivity index (χ0v) is 28.3. The highest BCUT2D eigenvalue weighted by Gasteiger charge is 2.30. The van der Waals surface area contributed by atoms with Gasteiger partial charge in [0.1, 0.15) is 17.6 Å². The summed E-state index contributed by atoms with van der Waals surface area (Å²) in [6, 6.07) is 19.8. The van der Waals surface area contributed by atoms with Crippen molar-refractivity contribution in [3.8, 4) is 11.4 Å². The third kappa shape index (κ3) is 7.72. The average Bonchev–Trinajstić information content (AvgIpc) is 3.36. The maximum atomic E-state index is 13.2. The summed E-state index contributed by atoms with van der Waals surface area (Å²) >= 11 is 6.19. The van der Waals surface area contributed by atoms with Gasteiger partial charge in [-0.3, -0.25) is 19.1 Å². The highest BCUT2D eigenvalue weighted by molar-refractivity contribution is 6.83. The van der Waals surface area contributed by atoms with Crippen LogP contribution in [0.5, 0.6) is 5.75 Å². The monoisotopic (exact) mass is 658 g/mol. The summed E-state index contributed by atoms with van der Waals surface area (Å²) in [5, 5.41) is 16.2. The molecule has 0 saturated carbocycles. The fourth-order valence-corrected chi connectivity index (χ4v) is 6.52. The van der Waals surface area contributed by atoms with E-state index in [2.05, 4.69) is 20.8 Å². The molecule has 0 unspecified atom stereocenters. The number of amides is 2. The van der Waals surface area contributed by atoms with E-state index in [4.69, 9.17) is 21.3 Å². The summed E-state index contributed by atoms with van der Waals surface area (Å²) in [5.74, 6) is 1.70. The van der Waals surface area contributed by atoms with Crippen molar-refractivity contribution in [3.05, 3.63) is 100 Å². The van der Waals surface area contributed by atoms with Crippen LogP contribution in [0, 0.1) is 6.92 Å². The van der Waals surface area contributed by atoms with Crippen molar-refractivity contribution >= 4 is 42.6 Å². The number of unbranched alkanes of at least 4 members (excludes halogenated alkanes) is 2. The van der Waals surface area contributed by atoms with Crippen LogP contribution in [-0.2, 0) is 4.79 Å². The highest BCUT2D eigenvalue weighted by Crippen LogP contribution is 2.34. The number of hydrogen-bond donors (Lipinski definition) is 3.